The molecule has 0 heterocycles. The Morgan fingerprint density at radius 3 is 2.62 bits per heavy atom. The molecule has 118 valence electrons. The van der Waals surface area contributed by atoms with Gasteiger partial charge >= 0.3 is 0 Å². The highest BCUT2D eigenvalue weighted by Crippen LogP contribution is 2.37. The SMILES string of the molecule is CCNC(Cc1cccc(OC)c1)C1(OCC)CCCC1. The Balaban J connectivity index is 2.17. The van der Waals surface area contributed by atoms with E-state index >= 15 is 0 Å². The van der Waals surface area contributed by atoms with E-state index in [1.807, 2.05) is 6.07 Å². The standard InChI is InChI=1S/C18H29NO2/c1-4-19-17(18(21-5-2)11-6-7-12-18)14-15-9-8-10-16(13-15)20-3/h8-10,13,17,19H,4-7,11-12,14H2,1-3H3. The molecule has 0 aromatic heterocycles. The van der Waals surface area contributed by atoms with E-state index in [1.165, 1.54) is 31.2 Å². The summed E-state index contributed by atoms with van der Waals surface area (Å²) in [6, 6.07) is 8.76. The van der Waals surface area contributed by atoms with Gasteiger partial charge in [-0.1, -0.05) is 31.9 Å². The Labute approximate surface area is 129 Å². The molecule has 1 N–H and O–H groups in total. The summed E-state index contributed by atoms with van der Waals surface area (Å²) >= 11 is 0. The number of methoxy groups -OCH3 is 1. The van der Waals surface area contributed by atoms with Crippen LogP contribution in [-0.4, -0.2) is 31.9 Å². The Morgan fingerprint density at radius 1 is 1.24 bits per heavy atom. The van der Waals surface area contributed by atoms with Crippen LogP contribution in [0.25, 0.3) is 0 Å². The molecule has 1 saturated carbocycles. The highest BCUT2D eigenvalue weighted by atomic mass is 16.5. The van der Waals surface area contributed by atoms with Crippen molar-refractivity contribution in [3.05, 3.63) is 29.8 Å². The van der Waals surface area contributed by atoms with Gasteiger partial charge in [0, 0.05) is 12.6 Å². The minimum atomic E-state index is 0.00777. The zero-order valence-corrected chi connectivity index (χ0v) is 13.7. The van der Waals surface area contributed by atoms with Crippen LogP contribution in [0.4, 0.5) is 0 Å². The molecule has 1 aromatic carbocycles. The maximum absolute atomic E-state index is 6.24. The molecule has 2 rings (SSSR count). The normalized spacial score (nSPS) is 18.6. The van der Waals surface area contributed by atoms with E-state index in [4.69, 9.17) is 9.47 Å². The monoisotopic (exact) mass is 291 g/mol. The fraction of sp³-hybridized carbons (Fsp3) is 0.667. The number of nitrogens with one attached hydrogen (secondary N) is 1. The zero-order valence-electron chi connectivity index (χ0n) is 13.7. The van der Waals surface area contributed by atoms with Crippen molar-refractivity contribution in [1.82, 2.24) is 5.32 Å². The van der Waals surface area contributed by atoms with E-state index < -0.39 is 0 Å². The summed E-state index contributed by atoms with van der Waals surface area (Å²) in [5, 5.41) is 3.67. The minimum absolute atomic E-state index is 0.00777. The first-order chi connectivity index (χ1) is 10.2. The molecule has 1 atom stereocenters. The molecule has 3 heteroatoms. The Hall–Kier alpha value is -1.06. The van der Waals surface area contributed by atoms with Crippen molar-refractivity contribution in [2.75, 3.05) is 20.3 Å². The topological polar surface area (TPSA) is 30.5 Å². The first-order valence-corrected chi connectivity index (χ1v) is 8.24. The van der Waals surface area contributed by atoms with Gasteiger partial charge in [0.15, 0.2) is 0 Å². The van der Waals surface area contributed by atoms with Crippen molar-refractivity contribution >= 4 is 0 Å². The molecule has 21 heavy (non-hydrogen) atoms. The van der Waals surface area contributed by atoms with Gasteiger partial charge < -0.3 is 14.8 Å². The lowest BCUT2D eigenvalue weighted by Crippen LogP contribution is -2.52. The molecule has 0 aliphatic heterocycles. The fourth-order valence-electron chi connectivity index (χ4n) is 3.58. The highest BCUT2D eigenvalue weighted by molar-refractivity contribution is 5.29. The van der Waals surface area contributed by atoms with E-state index in [0.29, 0.717) is 6.04 Å². The van der Waals surface area contributed by atoms with Crippen LogP contribution < -0.4 is 10.1 Å². The summed E-state index contributed by atoms with van der Waals surface area (Å²) < 4.78 is 11.6. The molecular weight excluding hydrogens is 262 g/mol. The lowest BCUT2D eigenvalue weighted by molar-refractivity contribution is -0.0609. The van der Waals surface area contributed by atoms with Gasteiger partial charge in [-0.15, -0.1) is 0 Å². The lowest BCUT2D eigenvalue weighted by atomic mass is 9.87. The Bertz CT molecular complexity index is 427. The number of ether oxygens (including phenoxy) is 2. The summed E-state index contributed by atoms with van der Waals surface area (Å²) in [6.45, 7) is 6.05. The van der Waals surface area contributed by atoms with Gasteiger partial charge in [-0.05, 0) is 50.4 Å². The molecule has 3 nitrogen and oxygen atoms in total. The van der Waals surface area contributed by atoms with Gasteiger partial charge in [0.2, 0.25) is 0 Å². The molecule has 1 unspecified atom stereocenters. The molecule has 1 aromatic rings. The summed E-state index contributed by atoms with van der Waals surface area (Å²) in [4.78, 5) is 0. The van der Waals surface area contributed by atoms with Crippen molar-refractivity contribution < 1.29 is 9.47 Å². The number of hydrogen-bond acceptors (Lipinski definition) is 3. The van der Waals surface area contributed by atoms with E-state index in [9.17, 15) is 0 Å². The van der Waals surface area contributed by atoms with Gasteiger partial charge in [-0.3, -0.25) is 0 Å². The van der Waals surface area contributed by atoms with Crippen molar-refractivity contribution in [2.24, 2.45) is 0 Å². The predicted octanol–water partition coefficient (Wildman–Crippen LogP) is 3.57. The number of likely N-dealkylation sites (N-methyl/N-ethyl adjacent to an activating group) is 1. The fourth-order valence-corrected chi connectivity index (χ4v) is 3.58. The largest absolute Gasteiger partial charge is 0.497 e. The maximum atomic E-state index is 6.24. The first-order valence-electron chi connectivity index (χ1n) is 8.24. The lowest BCUT2D eigenvalue weighted by Gasteiger charge is -2.38. The van der Waals surface area contributed by atoms with Crippen LogP contribution in [0.15, 0.2) is 24.3 Å². The van der Waals surface area contributed by atoms with Gasteiger partial charge in [0.1, 0.15) is 5.75 Å². The van der Waals surface area contributed by atoms with E-state index in [2.05, 4.69) is 37.4 Å². The number of benzene rings is 1. The third-order valence-corrected chi connectivity index (χ3v) is 4.54. The minimum Gasteiger partial charge on any atom is -0.497 e. The summed E-state index contributed by atoms with van der Waals surface area (Å²) in [5.41, 5.74) is 1.32. The molecule has 1 aliphatic carbocycles. The summed E-state index contributed by atoms with van der Waals surface area (Å²) in [7, 11) is 1.72. The molecule has 0 saturated heterocycles. The van der Waals surface area contributed by atoms with Crippen LogP contribution >= 0.6 is 0 Å². The highest BCUT2D eigenvalue weighted by Gasteiger charge is 2.41. The van der Waals surface area contributed by atoms with E-state index in [0.717, 1.165) is 25.3 Å². The molecular formula is C18H29NO2. The summed E-state index contributed by atoms with van der Waals surface area (Å²) in [6.07, 6.45) is 5.88. The number of rotatable bonds is 8. The zero-order chi connectivity index (χ0) is 15.1. The van der Waals surface area contributed by atoms with Gasteiger partial charge in [0.25, 0.3) is 0 Å². The first kappa shape index (κ1) is 16.3. The van der Waals surface area contributed by atoms with E-state index in [1.54, 1.807) is 7.11 Å². The molecule has 1 fully saturated rings. The molecule has 0 spiro atoms. The van der Waals surface area contributed by atoms with Crippen molar-refractivity contribution in [3.63, 3.8) is 0 Å². The second-order valence-electron chi connectivity index (χ2n) is 5.87. The second kappa shape index (κ2) is 7.81. The van der Waals surface area contributed by atoms with Gasteiger partial charge in [0.05, 0.1) is 12.7 Å². The molecule has 1 aliphatic rings. The Morgan fingerprint density at radius 2 is 2.00 bits per heavy atom. The quantitative estimate of drug-likeness (QED) is 0.794. The average molecular weight is 291 g/mol. The van der Waals surface area contributed by atoms with Crippen LogP contribution in [0.3, 0.4) is 0 Å². The third-order valence-electron chi connectivity index (χ3n) is 4.54. The second-order valence-corrected chi connectivity index (χ2v) is 5.87. The third kappa shape index (κ3) is 3.98. The molecule has 0 bridgehead atoms. The van der Waals surface area contributed by atoms with Crippen molar-refractivity contribution in [3.8, 4) is 5.75 Å². The van der Waals surface area contributed by atoms with Crippen LogP contribution in [0.2, 0.25) is 0 Å². The summed E-state index contributed by atoms with van der Waals surface area (Å²) in [5.74, 6) is 0.930. The van der Waals surface area contributed by atoms with Gasteiger partial charge in [-0.2, -0.15) is 0 Å². The van der Waals surface area contributed by atoms with Crippen molar-refractivity contribution in [1.29, 1.82) is 0 Å². The van der Waals surface area contributed by atoms with Gasteiger partial charge in [-0.25, -0.2) is 0 Å². The van der Waals surface area contributed by atoms with Crippen LogP contribution in [0.1, 0.15) is 45.1 Å². The van der Waals surface area contributed by atoms with Crippen LogP contribution in [0, 0.1) is 0 Å². The van der Waals surface area contributed by atoms with E-state index in [-0.39, 0.29) is 5.60 Å². The van der Waals surface area contributed by atoms with Crippen LogP contribution in [-0.2, 0) is 11.2 Å². The molecule has 0 amide bonds. The molecule has 0 radical (unpaired) electrons. The number of hydrogen-bond donors (Lipinski definition) is 1. The smallest absolute Gasteiger partial charge is 0.119 e. The predicted molar refractivity (Wildman–Crippen MR) is 87.0 cm³/mol. The average Bonchev–Trinajstić information content (AvgIpc) is 2.97. The Kier molecular flexibility index (Phi) is 6.07. The maximum Gasteiger partial charge on any atom is 0.119 e. The van der Waals surface area contributed by atoms with Crippen molar-refractivity contribution in [2.45, 2.75) is 57.6 Å². The van der Waals surface area contributed by atoms with Crippen LogP contribution in [0.5, 0.6) is 5.75 Å².